The molecule has 0 spiro atoms. The first-order chi connectivity index (χ1) is 8.10. The average Bonchev–Trinajstić information content (AvgIpc) is 2.87. The fourth-order valence-electron chi connectivity index (χ4n) is 2.68. The van der Waals surface area contributed by atoms with Crippen LogP contribution < -0.4 is 5.73 Å². The van der Waals surface area contributed by atoms with Gasteiger partial charge in [0.15, 0.2) is 0 Å². The zero-order valence-electron chi connectivity index (χ0n) is 10.9. The van der Waals surface area contributed by atoms with Crippen molar-refractivity contribution in [2.45, 2.75) is 37.6 Å². The monoisotopic (exact) mass is 254 g/mol. The first kappa shape index (κ1) is 13.0. The molecule has 96 valence electrons. The first-order valence-electron chi connectivity index (χ1n) is 6.16. The molecule has 2 N–H and O–H groups in total. The lowest BCUT2D eigenvalue weighted by atomic mass is 9.90. The van der Waals surface area contributed by atoms with Crippen LogP contribution in [0.1, 0.15) is 24.7 Å². The Balaban J connectivity index is 2.13. The third-order valence-corrected chi connectivity index (χ3v) is 5.53. The predicted octanol–water partition coefficient (Wildman–Crippen LogP) is 2.24. The smallest absolute Gasteiger partial charge is 0.105 e. The number of aryl methyl sites for hydroxylation is 1. The summed E-state index contributed by atoms with van der Waals surface area (Å²) < 4.78 is 5.36. The molecule has 1 aromatic rings. The normalized spacial score (nSPS) is 29.1. The van der Waals surface area contributed by atoms with Crippen molar-refractivity contribution < 1.29 is 4.42 Å². The number of hydrogen-bond acceptors (Lipinski definition) is 4. The van der Waals surface area contributed by atoms with Crippen LogP contribution in [0.2, 0.25) is 0 Å². The van der Waals surface area contributed by atoms with Crippen LogP contribution >= 0.6 is 11.8 Å². The van der Waals surface area contributed by atoms with Crippen LogP contribution in [0, 0.1) is 6.92 Å². The molecule has 3 nitrogen and oxygen atoms in total. The Morgan fingerprint density at radius 2 is 2.41 bits per heavy atom. The van der Waals surface area contributed by atoms with Crippen molar-refractivity contribution >= 4 is 11.8 Å². The van der Waals surface area contributed by atoms with Crippen molar-refractivity contribution in [3.63, 3.8) is 0 Å². The maximum Gasteiger partial charge on any atom is 0.105 e. The van der Waals surface area contributed by atoms with Crippen molar-refractivity contribution in [2.24, 2.45) is 5.73 Å². The number of thioether (sulfide) groups is 1. The zero-order chi connectivity index (χ0) is 12.5. The summed E-state index contributed by atoms with van der Waals surface area (Å²) in [5, 5.41) is 0.602. The highest BCUT2D eigenvalue weighted by Gasteiger charge is 2.43. The highest BCUT2D eigenvalue weighted by Crippen LogP contribution is 2.39. The van der Waals surface area contributed by atoms with Crippen LogP contribution in [-0.2, 0) is 6.54 Å². The largest absolute Gasteiger partial charge is 0.469 e. The van der Waals surface area contributed by atoms with Crippen LogP contribution in [0.3, 0.4) is 0 Å². The van der Waals surface area contributed by atoms with E-state index >= 15 is 0 Å². The summed E-state index contributed by atoms with van der Waals surface area (Å²) in [6, 6.07) is 2.06. The van der Waals surface area contributed by atoms with Gasteiger partial charge in [-0.05, 0) is 32.2 Å². The minimum Gasteiger partial charge on any atom is -0.469 e. The minimum absolute atomic E-state index is 0.147. The van der Waals surface area contributed by atoms with Crippen LogP contribution in [0.5, 0.6) is 0 Å². The highest BCUT2D eigenvalue weighted by atomic mass is 32.2. The number of furan rings is 1. The number of rotatable bonds is 4. The summed E-state index contributed by atoms with van der Waals surface area (Å²) in [4.78, 5) is 2.41. The van der Waals surface area contributed by atoms with E-state index in [-0.39, 0.29) is 5.54 Å². The van der Waals surface area contributed by atoms with Crippen LogP contribution in [0.25, 0.3) is 0 Å². The van der Waals surface area contributed by atoms with Gasteiger partial charge in [-0.15, -0.1) is 0 Å². The van der Waals surface area contributed by atoms with E-state index in [0.717, 1.165) is 18.8 Å². The second-order valence-electron chi connectivity index (χ2n) is 4.93. The van der Waals surface area contributed by atoms with Crippen molar-refractivity contribution in [1.82, 2.24) is 4.90 Å². The third kappa shape index (κ3) is 2.26. The molecule has 1 saturated heterocycles. The Hall–Kier alpha value is -0.450. The van der Waals surface area contributed by atoms with Gasteiger partial charge >= 0.3 is 0 Å². The number of hydrogen-bond donors (Lipinski definition) is 1. The van der Waals surface area contributed by atoms with Gasteiger partial charge in [0.05, 0.1) is 6.26 Å². The van der Waals surface area contributed by atoms with E-state index in [0.29, 0.717) is 5.25 Å². The Labute approximate surface area is 108 Å². The van der Waals surface area contributed by atoms with Crippen molar-refractivity contribution in [1.29, 1.82) is 0 Å². The molecule has 2 rings (SSSR count). The van der Waals surface area contributed by atoms with Gasteiger partial charge in [-0.1, -0.05) is 6.92 Å². The van der Waals surface area contributed by atoms with Crippen molar-refractivity contribution in [3.8, 4) is 0 Å². The third-order valence-electron chi connectivity index (χ3n) is 4.15. The summed E-state index contributed by atoms with van der Waals surface area (Å²) in [5.41, 5.74) is 7.46. The van der Waals surface area contributed by atoms with E-state index in [2.05, 4.69) is 24.9 Å². The second kappa shape index (κ2) is 5.04. The van der Waals surface area contributed by atoms with Gasteiger partial charge in [0.1, 0.15) is 5.76 Å². The summed E-state index contributed by atoms with van der Waals surface area (Å²) in [7, 11) is 2.18. The van der Waals surface area contributed by atoms with E-state index in [1.165, 1.54) is 17.7 Å². The Bertz CT molecular complexity index is 379. The molecule has 2 unspecified atom stereocenters. The van der Waals surface area contributed by atoms with Crippen molar-refractivity contribution in [3.05, 3.63) is 23.7 Å². The molecule has 2 atom stereocenters. The molecule has 0 radical (unpaired) electrons. The number of nitrogens with zero attached hydrogens (tertiary/aromatic N) is 1. The second-order valence-corrected chi connectivity index (χ2v) is 6.38. The average molecular weight is 254 g/mol. The molecule has 1 aromatic heterocycles. The molecule has 2 heterocycles. The predicted molar refractivity (Wildman–Crippen MR) is 73.2 cm³/mol. The molecule has 1 aliphatic rings. The van der Waals surface area contributed by atoms with Gasteiger partial charge < -0.3 is 10.2 Å². The minimum atomic E-state index is 0.147. The molecular weight excluding hydrogens is 232 g/mol. The summed E-state index contributed by atoms with van der Waals surface area (Å²) >= 11 is 2.03. The topological polar surface area (TPSA) is 42.4 Å². The maximum absolute atomic E-state index is 6.05. The quantitative estimate of drug-likeness (QED) is 0.895. The first-order valence-corrected chi connectivity index (χ1v) is 7.21. The molecule has 0 saturated carbocycles. The van der Waals surface area contributed by atoms with E-state index < -0.39 is 0 Å². The molecular formula is C13H22N2OS. The molecule has 1 aliphatic heterocycles. The van der Waals surface area contributed by atoms with Crippen molar-refractivity contribution in [2.75, 3.05) is 19.3 Å². The summed E-state index contributed by atoms with van der Waals surface area (Å²) in [5.74, 6) is 2.23. The lowest BCUT2D eigenvalue weighted by Gasteiger charge is -2.41. The van der Waals surface area contributed by atoms with E-state index in [1.54, 1.807) is 6.26 Å². The summed E-state index contributed by atoms with van der Waals surface area (Å²) in [6.45, 7) is 5.97. The molecule has 17 heavy (non-hydrogen) atoms. The molecule has 0 aliphatic carbocycles. The molecule has 4 heteroatoms. The number of nitrogens with two attached hydrogens (primary N) is 1. The fraction of sp³-hybridized carbons (Fsp3) is 0.692. The zero-order valence-corrected chi connectivity index (χ0v) is 11.7. The molecule has 0 bridgehead atoms. The SMILES string of the molecule is Cc1occc1CN(C)C1(CN)CCSC1C. The van der Waals surface area contributed by atoms with Gasteiger partial charge in [-0.25, -0.2) is 0 Å². The molecule has 1 fully saturated rings. The Morgan fingerprint density at radius 3 is 2.88 bits per heavy atom. The lowest BCUT2D eigenvalue weighted by Crippen LogP contribution is -2.55. The van der Waals surface area contributed by atoms with Crippen LogP contribution in [-0.4, -0.2) is 35.0 Å². The van der Waals surface area contributed by atoms with Crippen LogP contribution in [0.4, 0.5) is 0 Å². The summed E-state index contributed by atoms with van der Waals surface area (Å²) in [6.07, 6.45) is 2.95. The molecule has 0 amide bonds. The number of likely N-dealkylation sites (N-methyl/N-ethyl adjacent to an activating group) is 1. The van der Waals surface area contributed by atoms with Crippen LogP contribution in [0.15, 0.2) is 16.7 Å². The highest BCUT2D eigenvalue weighted by molar-refractivity contribution is 8.00. The standard InChI is InChI=1S/C13H22N2OS/c1-10-12(4-6-16-10)8-15(3)13(9-14)5-7-17-11(13)2/h4,6,11H,5,7-9,14H2,1-3H3. The van der Waals surface area contributed by atoms with Gasteiger partial charge in [-0.3, -0.25) is 4.90 Å². The molecule has 0 aromatic carbocycles. The lowest BCUT2D eigenvalue weighted by molar-refractivity contribution is 0.121. The van der Waals surface area contributed by atoms with Gasteiger partial charge in [0, 0.05) is 29.4 Å². The Kier molecular flexibility index (Phi) is 3.85. The Morgan fingerprint density at radius 1 is 1.65 bits per heavy atom. The van der Waals surface area contributed by atoms with Gasteiger partial charge in [0.25, 0.3) is 0 Å². The fourth-order valence-corrected chi connectivity index (χ4v) is 4.21. The maximum atomic E-state index is 6.05. The van der Waals surface area contributed by atoms with E-state index in [1.807, 2.05) is 18.7 Å². The van der Waals surface area contributed by atoms with Gasteiger partial charge in [-0.2, -0.15) is 11.8 Å². The van der Waals surface area contributed by atoms with Gasteiger partial charge in [0.2, 0.25) is 0 Å². The van der Waals surface area contributed by atoms with E-state index in [9.17, 15) is 0 Å². The van der Waals surface area contributed by atoms with E-state index in [4.69, 9.17) is 10.2 Å².